The van der Waals surface area contributed by atoms with Crippen LogP contribution in [0.5, 0.6) is 5.75 Å². The maximum absolute atomic E-state index is 10.7. The summed E-state index contributed by atoms with van der Waals surface area (Å²) in [6.45, 7) is 0. The van der Waals surface area contributed by atoms with E-state index in [-0.39, 0.29) is 0 Å². The quantitative estimate of drug-likeness (QED) is 0.772. The van der Waals surface area contributed by atoms with Crippen LogP contribution in [-0.2, 0) is 11.2 Å². The van der Waals surface area contributed by atoms with Gasteiger partial charge in [0.15, 0.2) is 0 Å². The fourth-order valence-corrected chi connectivity index (χ4v) is 1.58. The van der Waals surface area contributed by atoms with Crippen LogP contribution in [0.25, 0.3) is 6.08 Å². The number of rotatable bonds is 2. The molecule has 2 rings (SSSR count). The largest absolute Gasteiger partial charge is 0.497 e. The Balaban J connectivity index is 2.35. The number of aliphatic carboxylic acids is 1. The van der Waals surface area contributed by atoms with E-state index in [1.807, 2.05) is 18.2 Å². The van der Waals surface area contributed by atoms with Crippen molar-refractivity contribution in [3.05, 3.63) is 34.9 Å². The Morgan fingerprint density at radius 1 is 1.50 bits per heavy atom. The topological polar surface area (TPSA) is 46.5 Å². The standard InChI is InChI=1S/C11H10O3/c1-14-10-3-2-7-4-9(11(12)13)5-8(7)6-10/h2-4,6H,5H2,1H3,(H,12,13). The SMILES string of the molecule is COc1ccc2c(c1)CC(C(=O)O)=C2. The Kier molecular flexibility index (Phi) is 2.00. The first kappa shape index (κ1) is 8.81. The molecule has 3 heteroatoms. The van der Waals surface area contributed by atoms with Crippen molar-refractivity contribution in [2.75, 3.05) is 7.11 Å². The van der Waals surface area contributed by atoms with Crippen LogP contribution >= 0.6 is 0 Å². The molecule has 0 bridgehead atoms. The molecule has 0 saturated carbocycles. The van der Waals surface area contributed by atoms with Gasteiger partial charge >= 0.3 is 5.97 Å². The normalized spacial score (nSPS) is 13.4. The molecular formula is C11H10O3. The highest BCUT2D eigenvalue weighted by Crippen LogP contribution is 2.28. The molecule has 1 aromatic rings. The molecule has 0 unspecified atom stereocenters. The van der Waals surface area contributed by atoms with Crippen LogP contribution in [0.15, 0.2) is 23.8 Å². The minimum Gasteiger partial charge on any atom is -0.497 e. The highest BCUT2D eigenvalue weighted by molar-refractivity contribution is 5.95. The van der Waals surface area contributed by atoms with Gasteiger partial charge in [0.25, 0.3) is 0 Å². The van der Waals surface area contributed by atoms with Crippen LogP contribution in [0.4, 0.5) is 0 Å². The molecule has 14 heavy (non-hydrogen) atoms. The van der Waals surface area contributed by atoms with Crippen molar-refractivity contribution in [2.45, 2.75) is 6.42 Å². The van der Waals surface area contributed by atoms with E-state index < -0.39 is 5.97 Å². The summed E-state index contributed by atoms with van der Waals surface area (Å²) in [4.78, 5) is 10.7. The van der Waals surface area contributed by atoms with Gasteiger partial charge in [0.1, 0.15) is 5.75 Å². The van der Waals surface area contributed by atoms with E-state index in [0.717, 1.165) is 16.9 Å². The van der Waals surface area contributed by atoms with Crippen LogP contribution in [-0.4, -0.2) is 18.2 Å². The van der Waals surface area contributed by atoms with Crippen LogP contribution in [0, 0.1) is 0 Å². The minimum atomic E-state index is -0.847. The maximum atomic E-state index is 10.7. The summed E-state index contributed by atoms with van der Waals surface area (Å²) in [5, 5.41) is 8.81. The van der Waals surface area contributed by atoms with Gasteiger partial charge in [-0.2, -0.15) is 0 Å². The highest BCUT2D eigenvalue weighted by atomic mass is 16.5. The third-order valence-electron chi connectivity index (χ3n) is 2.34. The minimum absolute atomic E-state index is 0.438. The molecule has 1 aliphatic rings. The Bertz CT molecular complexity index is 419. The Morgan fingerprint density at radius 3 is 2.93 bits per heavy atom. The summed E-state index contributed by atoms with van der Waals surface area (Å²) in [6.07, 6.45) is 2.19. The summed E-state index contributed by atoms with van der Waals surface area (Å²) in [6, 6.07) is 5.59. The molecule has 0 spiro atoms. The van der Waals surface area contributed by atoms with E-state index in [2.05, 4.69) is 0 Å². The number of hydrogen-bond acceptors (Lipinski definition) is 2. The average molecular weight is 190 g/mol. The smallest absolute Gasteiger partial charge is 0.331 e. The van der Waals surface area contributed by atoms with Crippen molar-refractivity contribution in [1.29, 1.82) is 0 Å². The van der Waals surface area contributed by atoms with Gasteiger partial charge in [-0.05, 0) is 29.3 Å². The van der Waals surface area contributed by atoms with E-state index >= 15 is 0 Å². The fourth-order valence-electron chi connectivity index (χ4n) is 1.58. The Morgan fingerprint density at radius 2 is 2.29 bits per heavy atom. The van der Waals surface area contributed by atoms with Gasteiger partial charge in [0.05, 0.1) is 7.11 Å². The number of carbonyl (C=O) groups is 1. The van der Waals surface area contributed by atoms with Crippen molar-refractivity contribution < 1.29 is 14.6 Å². The van der Waals surface area contributed by atoms with Gasteiger partial charge < -0.3 is 9.84 Å². The van der Waals surface area contributed by atoms with Gasteiger partial charge in [-0.1, -0.05) is 6.07 Å². The molecule has 1 aliphatic carbocycles. The van der Waals surface area contributed by atoms with Crippen molar-refractivity contribution in [1.82, 2.24) is 0 Å². The van der Waals surface area contributed by atoms with Crippen LogP contribution in [0.2, 0.25) is 0 Å². The van der Waals surface area contributed by atoms with Crippen molar-refractivity contribution >= 4 is 12.0 Å². The molecular weight excluding hydrogens is 180 g/mol. The Hall–Kier alpha value is -1.77. The summed E-state index contributed by atoms with van der Waals surface area (Å²) >= 11 is 0. The highest BCUT2D eigenvalue weighted by Gasteiger charge is 2.17. The number of fused-ring (bicyclic) bond motifs is 1. The number of hydrogen-bond donors (Lipinski definition) is 1. The summed E-state index contributed by atoms with van der Waals surface area (Å²) in [7, 11) is 1.60. The molecule has 0 atom stereocenters. The van der Waals surface area contributed by atoms with Gasteiger partial charge in [-0.25, -0.2) is 4.79 Å². The number of carboxylic acid groups (broad SMARTS) is 1. The van der Waals surface area contributed by atoms with Gasteiger partial charge in [-0.15, -0.1) is 0 Å². The Labute approximate surface area is 81.6 Å². The number of carboxylic acids is 1. The molecule has 0 aromatic heterocycles. The maximum Gasteiger partial charge on any atom is 0.331 e. The lowest BCUT2D eigenvalue weighted by Gasteiger charge is -2.02. The number of benzene rings is 1. The van der Waals surface area contributed by atoms with Gasteiger partial charge in [0, 0.05) is 12.0 Å². The van der Waals surface area contributed by atoms with Crippen molar-refractivity contribution in [3.8, 4) is 5.75 Å². The molecule has 1 aromatic carbocycles. The zero-order valence-electron chi connectivity index (χ0n) is 7.78. The van der Waals surface area contributed by atoms with Crippen LogP contribution in [0.3, 0.4) is 0 Å². The molecule has 0 heterocycles. The fraction of sp³-hybridized carbons (Fsp3) is 0.182. The molecule has 72 valence electrons. The zero-order chi connectivity index (χ0) is 10.1. The second kappa shape index (κ2) is 3.18. The molecule has 0 amide bonds. The summed E-state index contributed by atoms with van der Waals surface area (Å²) in [5.41, 5.74) is 2.43. The molecule has 1 N–H and O–H groups in total. The third-order valence-corrected chi connectivity index (χ3v) is 2.34. The number of ether oxygens (including phenoxy) is 1. The van der Waals surface area contributed by atoms with E-state index in [1.54, 1.807) is 13.2 Å². The lowest BCUT2D eigenvalue weighted by molar-refractivity contribution is -0.132. The van der Waals surface area contributed by atoms with Crippen molar-refractivity contribution in [3.63, 3.8) is 0 Å². The first-order valence-corrected chi connectivity index (χ1v) is 4.31. The van der Waals surface area contributed by atoms with E-state index in [9.17, 15) is 4.79 Å². The van der Waals surface area contributed by atoms with E-state index in [1.165, 1.54) is 0 Å². The lowest BCUT2D eigenvalue weighted by Crippen LogP contribution is -1.99. The molecule has 0 aliphatic heterocycles. The van der Waals surface area contributed by atoms with E-state index in [4.69, 9.17) is 9.84 Å². The predicted octanol–water partition coefficient (Wildman–Crippen LogP) is 1.72. The second-order valence-corrected chi connectivity index (χ2v) is 3.22. The van der Waals surface area contributed by atoms with Gasteiger partial charge in [0.2, 0.25) is 0 Å². The molecule has 3 nitrogen and oxygen atoms in total. The number of methoxy groups -OCH3 is 1. The second-order valence-electron chi connectivity index (χ2n) is 3.22. The molecule has 0 fully saturated rings. The first-order chi connectivity index (χ1) is 6.70. The van der Waals surface area contributed by atoms with Crippen LogP contribution in [0.1, 0.15) is 11.1 Å². The van der Waals surface area contributed by atoms with Crippen molar-refractivity contribution in [2.24, 2.45) is 0 Å². The monoisotopic (exact) mass is 190 g/mol. The zero-order valence-corrected chi connectivity index (χ0v) is 7.78. The first-order valence-electron chi connectivity index (χ1n) is 4.31. The van der Waals surface area contributed by atoms with E-state index in [0.29, 0.717) is 12.0 Å². The van der Waals surface area contributed by atoms with Crippen LogP contribution < -0.4 is 4.74 Å². The summed E-state index contributed by atoms with van der Waals surface area (Å²) in [5.74, 6) is -0.0797. The lowest BCUT2D eigenvalue weighted by atomic mass is 10.1. The summed E-state index contributed by atoms with van der Waals surface area (Å²) < 4.78 is 5.06. The predicted molar refractivity (Wildman–Crippen MR) is 52.3 cm³/mol. The van der Waals surface area contributed by atoms with Gasteiger partial charge in [-0.3, -0.25) is 0 Å². The molecule has 0 radical (unpaired) electrons. The average Bonchev–Trinajstić information content (AvgIpc) is 2.59. The third kappa shape index (κ3) is 1.37. The molecule has 0 saturated heterocycles.